The van der Waals surface area contributed by atoms with Crippen LogP contribution in [-0.2, 0) is 22.6 Å². The van der Waals surface area contributed by atoms with E-state index in [4.69, 9.17) is 0 Å². The summed E-state index contributed by atoms with van der Waals surface area (Å²) < 4.78 is 0. The van der Waals surface area contributed by atoms with Gasteiger partial charge in [-0.1, -0.05) is 18.2 Å². The molecule has 1 fully saturated rings. The number of nitrogens with one attached hydrogen (secondary N) is 2. The summed E-state index contributed by atoms with van der Waals surface area (Å²) in [6.07, 6.45) is 3.29. The summed E-state index contributed by atoms with van der Waals surface area (Å²) in [4.78, 5) is 24.8. The first kappa shape index (κ1) is 14.1. The number of anilines is 1. The highest BCUT2D eigenvalue weighted by Gasteiger charge is 2.31. The molecule has 3 rings (SSSR count). The van der Waals surface area contributed by atoms with Gasteiger partial charge in [0.1, 0.15) is 0 Å². The monoisotopic (exact) mass is 287 g/mol. The zero-order chi connectivity index (χ0) is 14.8. The van der Waals surface area contributed by atoms with E-state index < -0.39 is 0 Å². The Morgan fingerprint density at radius 2 is 2.19 bits per heavy atom. The van der Waals surface area contributed by atoms with Gasteiger partial charge in [-0.3, -0.25) is 14.5 Å². The Bertz CT molecular complexity index is 571. The molecule has 0 aromatic heterocycles. The average Bonchev–Trinajstić information content (AvgIpc) is 2.52. The topological polar surface area (TPSA) is 61.4 Å². The number of para-hydroxylation sites is 1. The van der Waals surface area contributed by atoms with Crippen LogP contribution in [-0.4, -0.2) is 36.3 Å². The van der Waals surface area contributed by atoms with Gasteiger partial charge in [0.05, 0.1) is 6.04 Å². The minimum absolute atomic E-state index is 0.0863. The molecule has 1 aromatic carbocycles. The van der Waals surface area contributed by atoms with Gasteiger partial charge in [0.2, 0.25) is 11.8 Å². The van der Waals surface area contributed by atoms with Gasteiger partial charge in [-0.25, -0.2) is 0 Å². The number of aryl methyl sites for hydroxylation is 1. The number of hydrogen-bond acceptors (Lipinski definition) is 4. The number of benzene rings is 1. The number of amides is 2. The van der Waals surface area contributed by atoms with Crippen molar-refractivity contribution < 1.29 is 9.59 Å². The van der Waals surface area contributed by atoms with Crippen LogP contribution in [0.4, 0.5) is 5.69 Å². The van der Waals surface area contributed by atoms with Crippen LogP contribution in [0.25, 0.3) is 0 Å². The maximum atomic E-state index is 12.1. The summed E-state index contributed by atoms with van der Waals surface area (Å²) in [5.41, 5.74) is 3.76. The molecule has 112 valence electrons. The number of carbonyl (C=O) groups excluding carboxylic acids is 2. The third kappa shape index (κ3) is 2.78. The van der Waals surface area contributed by atoms with Gasteiger partial charge < -0.3 is 10.6 Å². The molecular formula is C16H21N3O2. The zero-order valence-corrected chi connectivity index (χ0v) is 12.3. The summed E-state index contributed by atoms with van der Waals surface area (Å²) in [7, 11) is 1.56. The third-order valence-corrected chi connectivity index (χ3v) is 4.35. The fourth-order valence-electron chi connectivity index (χ4n) is 3.07. The van der Waals surface area contributed by atoms with Gasteiger partial charge >= 0.3 is 0 Å². The molecule has 0 saturated carbocycles. The molecule has 2 aliphatic heterocycles. The van der Waals surface area contributed by atoms with E-state index in [0.717, 1.165) is 19.4 Å². The quantitative estimate of drug-likeness (QED) is 0.822. The number of rotatable bonds is 3. The Morgan fingerprint density at radius 1 is 1.33 bits per heavy atom. The van der Waals surface area contributed by atoms with Crippen molar-refractivity contribution in [3.8, 4) is 0 Å². The summed E-state index contributed by atoms with van der Waals surface area (Å²) in [5.74, 6) is -0.208. The molecule has 0 radical (unpaired) electrons. The molecule has 1 unspecified atom stereocenters. The molecule has 1 saturated heterocycles. The zero-order valence-electron chi connectivity index (χ0n) is 12.3. The number of hydrogen-bond donors (Lipinski definition) is 2. The van der Waals surface area contributed by atoms with Crippen LogP contribution in [0, 0.1) is 0 Å². The SMILES string of the molecule is CN1C(=O)CCC(NCc2cccc3c2NCCC3)C1=O. The Hall–Kier alpha value is -1.88. The van der Waals surface area contributed by atoms with Crippen molar-refractivity contribution in [1.29, 1.82) is 0 Å². The van der Waals surface area contributed by atoms with Crippen molar-refractivity contribution in [2.45, 2.75) is 38.3 Å². The summed E-state index contributed by atoms with van der Waals surface area (Å²) >= 11 is 0. The largest absolute Gasteiger partial charge is 0.385 e. The second-order valence-corrected chi connectivity index (χ2v) is 5.74. The number of imide groups is 1. The van der Waals surface area contributed by atoms with Crippen molar-refractivity contribution in [3.63, 3.8) is 0 Å². The molecule has 2 aliphatic rings. The molecule has 1 aromatic rings. The van der Waals surface area contributed by atoms with Gasteiger partial charge in [-0.15, -0.1) is 0 Å². The second kappa shape index (κ2) is 5.85. The minimum Gasteiger partial charge on any atom is -0.385 e. The van der Waals surface area contributed by atoms with E-state index >= 15 is 0 Å². The summed E-state index contributed by atoms with van der Waals surface area (Å²) in [6, 6.07) is 6.06. The van der Waals surface area contributed by atoms with E-state index in [-0.39, 0.29) is 17.9 Å². The number of likely N-dealkylation sites (tertiary alicyclic amines) is 1. The standard InChI is InChI=1S/C16H21N3O2/c1-19-14(20)8-7-13(16(19)21)18-10-12-5-2-4-11-6-3-9-17-15(11)12/h2,4-5,13,17-18H,3,6-10H2,1H3. The molecular weight excluding hydrogens is 266 g/mol. The molecule has 2 N–H and O–H groups in total. The van der Waals surface area contributed by atoms with Crippen molar-refractivity contribution in [2.75, 3.05) is 18.9 Å². The lowest BCUT2D eigenvalue weighted by atomic mass is 9.98. The van der Waals surface area contributed by atoms with Crippen LogP contribution in [0.5, 0.6) is 0 Å². The van der Waals surface area contributed by atoms with Crippen molar-refractivity contribution in [1.82, 2.24) is 10.2 Å². The first-order valence-corrected chi connectivity index (χ1v) is 7.55. The highest BCUT2D eigenvalue weighted by Crippen LogP contribution is 2.26. The number of nitrogens with zero attached hydrogens (tertiary/aromatic N) is 1. The lowest BCUT2D eigenvalue weighted by Crippen LogP contribution is -2.51. The van der Waals surface area contributed by atoms with Crippen LogP contribution >= 0.6 is 0 Å². The molecule has 5 nitrogen and oxygen atoms in total. The Balaban J connectivity index is 1.68. The highest BCUT2D eigenvalue weighted by atomic mass is 16.2. The van der Waals surface area contributed by atoms with Crippen molar-refractivity contribution >= 4 is 17.5 Å². The molecule has 0 spiro atoms. The van der Waals surface area contributed by atoms with Crippen LogP contribution in [0.3, 0.4) is 0 Å². The normalized spacial score (nSPS) is 22.0. The van der Waals surface area contributed by atoms with E-state index in [9.17, 15) is 9.59 Å². The van der Waals surface area contributed by atoms with E-state index in [1.807, 2.05) is 0 Å². The summed E-state index contributed by atoms with van der Waals surface area (Å²) in [6.45, 7) is 1.65. The average molecular weight is 287 g/mol. The predicted molar refractivity (Wildman–Crippen MR) is 80.9 cm³/mol. The number of piperidine rings is 1. The number of likely N-dealkylation sites (N-methyl/N-ethyl adjacent to an activating group) is 1. The first-order chi connectivity index (χ1) is 10.2. The fraction of sp³-hybridized carbons (Fsp3) is 0.500. The van der Waals surface area contributed by atoms with Gasteiger partial charge in [0, 0.05) is 32.2 Å². The fourth-order valence-corrected chi connectivity index (χ4v) is 3.07. The Labute approximate surface area is 124 Å². The number of carbonyl (C=O) groups is 2. The third-order valence-electron chi connectivity index (χ3n) is 4.35. The maximum absolute atomic E-state index is 12.1. The van der Waals surface area contributed by atoms with Crippen LogP contribution < -0.4 is 10.6 Å². The maximum Gasteiger partial charge on any atom is 0.246 e. The van der Waals surface area contributed by atoms with Gasteiger partial charge in [-0.05, 0) is 30.4 Å². The first-order valence-electron chi connectivity index (χ1n) is 7.55. The van der Waals surface area contributed by atoms with Gasteiger partial charge in [0.25, 0.3) is 0 Å². The van der Waals surface area contributed by atoms with E-state index in [2.05, 4.69) is 28.8 Å². The smallest absolute Gasteiger partial charge is 0.246 e. The molecule has 0 bridgehead atoms. The van der Waals surface area contributed by atoms with E-state index in [1.165, 1.54) is 21.7 Å². The lowest BCUT2D eigenvalue weighted by Gasteiger charge is -2.29. The van der Waals surface area contributed by atoms with Gasteiger partial charge in [-0.2, -0.15) is 0 Å². The number of fused-ring (bicyclic) bond motifs is 1. The molecule has 5 heteroatoms. The second-order valence-electron chi connectivity index (χ2n) is 5.74. The van der Waals surface area contributed by atoms with Gasteiger partial charge in [0.15, 0.2) is 0 Å². The van der Waals surface area contributed by atoms with Crippen molar-refractivity contribution in [3.05, 3.63) is 29.3 Å². The summed E-state index contributed by atoms with van der Waals surface area (Å²) in [5, 5.41) is 6.76. The van der Waals surface area contributed by atoms with Crippen LogP contribution in [0.15, 0.2) is 18.2 Å². The molecule has 1 atom stereocenters. The van der Waals surface area contributed by atoms with Crippen LogP contribution in [0.2, 0.25) is 0 Å². The molecule has 2 amide bonds. The Kier molecular flexibility index (Phi) is 3.92. The van der Waals surface area contributed by atoms with Crippen LogP contribution in [0.1, 0.15) is 30.4 Å². The highest BCUT2D eigenvalue weighted by molar-refractivity contribution is 6.00. The molecule has 2 heterocycles. The lowest BCUT2D eigenvalue weighted by molar-refractivity contribution is -0.148. The Morgan fingerprint density at radius 3 is 3.05 bits per heavy atom. The predicted octanol–water partition coefficient (Wildman–Crippen LogP) is 1.28. The molecule has 0 aliphatic carbocycles. The minimum atomic E-state index is -0.257. The van der Waals surface area contributed by atoms with E-state index in [1.54, 1.807) is 7.05 Å². The van der Waals surface area contributed by atoms with Crippen molar-refractivity contribution in [2.24, 2.45) is 0 Å². The molecule has 21 heavy (non-hydrogen) atoms. The van der Waals surface area contributed by atoms with E-state index in [0.29, 0.717) is 19.4 Å².